The molecule has 0 amide bonds. The van der Waals surface area contributed by atoms with Gasteiger partial charge in [-0.15, -0.1) is 0 Å². The number of rotatable bonds is 4. The summed E-state index contributed by atoms with van der Waals surface area (Å²) in [5.74, 6) is 0.0659. The van der Waals surface area contributed by atoms with Crippen LogP contribution in [0.3, 0.4) is 0 Å². The topological polar surface area (TPSA) is 78.1 Å². The third-order valence-corrected chi connectivity index (χ3v) is 3.85. The summed E-state index contributed by atoms with van der Waals surface area (Å²) in [5.41, 5.74) is 2.05. The molecule has 0 aliphatic heterocycles. The van der Waals surface area contributed by atoms with Gasteiger partial charge in [0.05, 0.1) is 31.0 Å². The van der Waals surface area contributed by atoms with Crippen molar-refractivity contribution in [2.45, 2.75) is 6.92 Å². The number of ketones is 1. The minimum atomic E-state index is -0.455. The first-order chi connectivity index (χ1) is 12.5. The first kappa shape index (κ1) is 17.4. The molecule has 0 spiro atoms. The zero-order chi connectivity index (χ0) is 18.7. The van der Waals surface area contributed by atoms with E-state index in [0.717, 1.165) is 0 Å². The summed E-state index contributed by atoms with van der Waals surface area (Å²) in [5, 5.41) is 0.617. The van der Waals surface area contributed by atoms with Crippen LogP contribution in [0.1, 0.15) is 27.6 Å². The first-order valence-electron chi connectivity index (χ1n) is 7.88. The summed E-state index contributed by atoms with van der Waals surface area (Å²) < 4.78 is 15.7. The van der Waals surface area contributed by atoms with E-state index in [9.17, 15) is 9.59 Å². The lowest BCUT2D eigenvalue weighted by Crippen LogP contribution is -2.13. The monoisotopic (exact) mass is 351 g/mol. The van der Waals surface area contributed by atoms with Gasteiger partial charge in [0.25, 0.3) is 0 Å². The lowest BCUT2D eigenvalue weighted by Gasteiger charge is -2.05. The molecule has 3 rings (SSSR count). The molecule has 0 aliphatic rings. The van der Waals surface area contributed by atoms with E-state index in [-0.39, 0.29) is 11.3 Å². The molecular weight excluding hydrogens is 334 g/mol. The molecule has 0 bridgehead atoms. The Kier molecular flexibility index (Phi) is 4.84. The summed E-state index contributed by atoms with van der Waals surface area (Å²) in [4.78, 5) is 28.2. The van der Waals surface area contributed by atoms with Crippen LogP contribution in [0.15, 0.2) is 57.9 Å². The second-order valence-corrected chi connectivity index (χ2v) is 5.58. The molecule has 0 atom stereocenters. The highest BCUT2D eigenvalue weighted by Crippen LogP contribution is 2.19. The number of hydrogen-bond donors (Lipinski definition) is 0. The van der Waals surface area contributed by atoms with E-state index in [1.807, 2.05) is 0 Å². The van der Waals surface area contributed by atoms with Gasteiger partial charge < -0.3 is 13.9 Å². The zero-order valence-corrected chi connectivity index (χ0v) is 14.6. The van der Waals surface area contributed by atoms with E-state index in [1.165, 1.54) is 14.0 Å². The Labute approximate surface area is 149 Å². The van der Waals surface area contributed by atoms with Crippen molar-refractivity contribution in [3.63, 3.8) is 0 Å². The van der Waals surface area contributed by atoms with Crippen molar-refractivity contribution in [1.82, 2.24) is 0 Å². The molecule has 0 N–H and O–H groups in total. The normalized spacial score (nSPS) is 11.4. The highest BCUT2D eigenvalue weighted by atomic mass is 16.5. The van der Waals surface area contributed by atoms with Crippen molar-refractivity contribution < 1.29 is 23.5 Å². The fourth-order valence-electron chi connectivity index (χ4n) is 2.48. The molecule has 0 radical (unpaired) electrons. The van der Waals surface area contributed by atoms with Crippen molar-refractivity contribution in [2.75, 3.05) is 14.2 Å². The lowest BCUT2D eigenvalue weighted by molar-refractivity contribution is 0.0601. The van der Waals surface area contributed by atoms with E-state index in [1.54, 1.807) is 55.6 Å². The summed E-state index contributed by atoms with van der Waals surface area (Å²) in [6.45, 7) is 1.44. The van der Waals surface area contributed by atoms with E-state index in [0.29, 0.717) is 33.5 Å². The Balaban J connectivity index is 2.17. The molecule has 0 aliphatic carbocycles. The molecule has 3 aromatic rings. The standard InChI is InChI=1S/C20H17NO5/c1-12(22)17-11-14-10-13(20(23)25-3)4-9-18(14)26-19(17)21-15-5-7-16(24-2)8-6-15/h4-11H,1-3H3/b21-19-. The average molecular weight is 351 g/mol. The number of benzene rings is 2. The zero-order valence-electron chi connectivity index (χ0n) is 14.6. The van der Waals surface area contributed by atoms with Gasteiger partial charge >= 0.3 is 5.97 Å². The Morgan fingerprint density at radius 2 is 1.73 bits per heavy atom. The van der Waals surface area contributed by atoms with Crippen LogP contribution in [-0.4, -0.2) is 26.0 Å². The minimum Gasteiger partial charge on any atom is -0.497 e. The number of carbonyl (C=O) groups excluding carboxylic acids is 2. The molecule has 0 saturated carbocycles. The summed E-state index contributed by atoms with van der Waals surface area (Å²) in [7, 11) is 2.90. The molecule has 0 saturated heterocycles. The maximum atomic E-state index is 12.0. The van der Waals surface area contributed by atoms with Crippen LogP contribution in [0.4, 0.5) is 5.69 Å². The molecule has 2 aromatic carbocycles. The largest absolute Gasteiger partial charge is 0.497 e. The van der Waals surface area contributed by atoms with Gasteiger partial charge in [-0.1, -0.05) is 0 Å². The van der Waals surface area contributed by atoms with Gasteiger partial charge in [0.1, 0.15) is 11.3 Å². The number of methoxy groups -OCH3 is 2. The summed E-state index contributed by atoms with van der Waals surface area (Å²) in [6.07, 6.45) is 0. The average Bonchev–Trinajstić information content (AvgIpc) is 2.66. The fourth-order valence-corrected chi connectivity index (χ4v) is 2.48. The van der Waals surface area contributed by atoms with Gasteiger partial charge in [-0.25, -0.2) is 9.79 Å². The maximum absolute atomic E-state index is 12.0. The van der Waals surface area contributed by atoms with Crippen LogP contribution in [0.2, 0.25) is 0 Å². The van der Waals surface area contributed by atoms with E-state index < -0.39 is 5.97 Å². The number of esters is 1. The molecule has 0 fully saturated rings. The highest BCUT2D eigenvalue weighted by Gasteiger charge is 2.11. The third kappa shape index (κ3) is 3.49. The van der Waals surface area contributed by atoms with Gasteiger partial charge in [0, 0.05) is 5.39 Å². The Bertz CT molecular complexity index is 1050. The molecule has 1 heterocycles. The number of ether oxygens (including phenoxy) is 2. The Hall–Kier alpha value is -3.41. The predicted molar refractivity (Wildman–Crippen MR) is 95.8 cm³/mol. The number of fused-ring (bicyclic) bond motifs is 1. The number of nitrogens with zero attached hydrogens (tertiary/aromatic N) is 1. The number of Topliss-reactive ketones (excluding diaryl/α,β-unsaturated/α-hetero) is 1. The second-order valence-electron chi connectivity index (χ2n) is 5.58. The molecule has 26 heavy (non-hydrogen) atoms. The van der Waals surface area contributed by atoms with Crippen LogP contribution < -0.4 is 10.3 Å². The predicted octanol–water partition coefficient (Wildman–Crippen LogP) is 3.66. The van der Waals surface area contributed by atoms with E-state index in [2.05, 4.69) is 4.99 Å². The minimum absolute atomic E-state index is 0.189. The van der Waals surface area contributed by atoms with Crippen LogP contribution in [0.25, 0.3) is 11.0 Å². The third-order valence-electron chi connectivity index (χ3n) is 3.85. The van der Waals surface area contributed by atoms with Gasteiger partial charge in [-0.3, -0.25) is 4.79 Å². The quantitative estimate of drug-likeness (QED) is 0.529. The van der Waals surface area contributed by atoms with E-state index in [4.69, 9.17) is 13.9 Å². The Morgan fingerprint density at radius 3 is 2.35 bits per heavy atom. The molecule has 0 unspecified atom stereocenters. The SMILES string of the molecule is COC(=O)c1ccc2o/c(=N\c3ccc(OC)cc3)c(C(C)=O)cc2c1. The van der Waals surface area contributed by atoms with Crippen LogP contribution in [-0.2, 0) is 4.74 Å². The van der Waals surface area contributed by atoms with Crippen molar-refractivity contribution in [3.05, 3.63) is 65.2 Å². The van der Waals surface area contributed by atoms with Crippen molar-refractivity contribution in [3.8, 4) is 5.75 Å². The second kappa shape index (κ2) is 7.23. The van der Waals surface area contributed by atoms with Gasteiger partial charge in [0.2, 0.25) is 5.55 Å². The smallest absolute Gasteiger partial charge is 0.337 e. The number of carbonyl (C=O) groups is 2. The van der Waals surface area contributed by atoms with E-state index >= 15 is 0 Å². The van der Waals surface area contributed by atoms with Crippen molar-refractivity contribution in [1.29, 1.82) is 0 Å². The van der Waals surface area contributed by atoms with Gasteiger partial charge in [-0.05, 0) is 55.5 Å². The van der Waals surface area contributed by atoms with Crippen LogP contribution >= 0.6 is 0 Å². The van der Waals surface area contributed by atoms with Crippen LogP contribution in [0, 0.1) is 0 Å². The molecule has 132 valence electrons. The fraction of sp³-hybridized carbons (Fsp3) is 0.150. The summed E-state index contributed by atoms with van der Waals surface area (Å²) in [6, 6.07) is 13.6. The molecule has 6 nitrogen and oxygen atoms in total. The Morgan fingerprint density at radius 1 is 1.00 bits per heavy atom. The molecule has 6 heteroatoms. The summed E-state index contributed by atoms with van der Waals surface area (Å²) >= 11 is 0. The number of hydrogen-bond acceptors (Lipinski definition) is 6. The lowest BCUT2D eigenvalue weighted by atomic mass is 10.1. The van der Waals surface area contributed by atoms with Crippen molar-refractivity contribution >= 4 is 28.4 Å². The van der Waals surface area contributed by atoms with Crippen LogP contribution in [0.5, 0.6) is 5.75 Å². The first-order valence-corrected chi connectivity index (χ1v) is 7.88. The van der Waals surface area contributed by atoms with Crippen molar-refractivity contribution in [2.24, 2.45) is 4.99 Å². The van der Waals surface area contributed by atoms with Gasteiger partial charge in [-0.2, -0.15) is 0 Å². The maximum Gasteiger partial charge on any atom is 0.337 e. The molecule has 1 aromatic heterocycles. The highest BCUT2D eigenvalue weighted by molar-refractivity contribution is 5.98. The molecular formula is C20H17NO5. The van der Waals surface area contributed by atoms with Gasteiger partial charge in [0.15, 0.2) is 5.78 Å².